The lowest BCUT2D eigenvalue weighted by Gasteiger charge is -2.19. The first-order valence-electron chi connectivity index (χ1n) is 8.87. The van der Waals surface area contributed by atoms with Crippen LogP contribution in [-0.2, 0) is 30.2 Å². The van der Waals surface area contributed by atoms with Crippen LogP contribution in [0.15, 0.2) is 32.8 Å². The number of carbonyl (C=O) groups excluding carboxylic acids is 2. The van der Waals surface area contributed by atoms with Crippen LogP contribution in [0.1, 0.15) is 29.0 Å². The number of carbonyl (C=O) groups is 2. The van der Waals surface area contributed by atoms with E-state index in [-0.39, 0.29) is 23.4 Å². The fourth-order valence-electron chi connectivity index (χ4n) is 2.95. The first-order valence-corrected chi connectivity index (χ1v) is 8.87. The van der Waals surface area contributed by atoms with Crippen LogP contribution < -0.4 is 22.1 Å². The molecule has 158 valence electrons. The lowest BCUT2D eigenvalue weighted by atomic mass is 10.1. The molecule has 0 radical (unpaired) electrons. The Bertz CT molecular complexity index is 1280. The molecule has 0 saturated heterocycles. The third kappa shape index (κ3) is 3.54. The van der Waals surface area contributed by atoms with Crippen LogP contribution in [0.2, 0.25) is 0 Å². The Labute approximate surface area is 169 Å². The van der Waals surface area contributed by atoms with Gasteiger partial charge in [0.1, 0.15) is 17.3 Å². The Morgan fingerprint density at radius 2 is 1.90 bits per heavy atom. The van der Waals surface area contributed by atoms with Gasteiger partial charge in [0.15, 0.2) is 0 Å². The van der Waals surface area contributed by atoms with E-state index in [1.54, 1.807) is 6.92 Å². The summed E-state index contributed by atoms with van der Waals surface area (Å²) in [5.74, 6) is -1.16. The van der Waals surface area contributed by atoms with Crippen LogP contribution in [0.3, 0.4) is 0 Å². The first-order chi connectivity index (χ1) is 14.1. The highest BCUT2D eigenvalue weighted by Crippen LogP contribution is 2.22. The van der Waals surface area contributed by atoms with E-state index in [0.29, 0.717) is 5.69 Å². The molecular weight excluding hydrogens is 396 g/mol. The van der Waals surface area contributed by atoms with Crippen LogP contribution >= 0.6 is 0 Å². The van der Waals surface area contributed by atoms with Gasteiger partial charge in [0.2, 0.25) is 5.91 Å². The molecule has 0 unspecified atom stereocenters. The lowest BCUT2D eigenvalue weighted by Crippen LogP contribution is -2.40. The molecule has 0 bridgehead atoms. The number of aromatic nitrogens is 5. The van der Waals surface area contributed by atoms with Gasteiger partial charge in [-0.2, -0.15) is 5.10 Å². The minimum Gasteiger partial charge on any atom is -0.465 e. The zero-order chi connectivity index (χ0) is 22.2. The predicted molar refractivity (Wildman–Crippen MR) is 104 cm³/mol. The number of H-pyrrole nitrogens is 1. The molecule has 3 rings (SSSR count). The Kier molecular flexibility index (Phi) is 5.41. The molecule has 12 heteroatoms. The zero-order valence-electron chi connectivity index (χ0n) is 16.8. The highest BCUT2D eigenvalue weighted by atomic mass is 16.5. The standard InChI is InChI=1S/C18H20N6O6/c1-9(15(26)19-6-10-5-13(25)23(3)18(29)22(10)2)24-7-11-14(20-21-16(11)27)12(8-24)17(28)30-4/h5,7-9H,6H2,1-4H3,(H,19,26)(H,21,27)/t9-/m0/s1. The topological polar surface area (TPSA) is 150 Å². The summed E-state index contributed by atoms with van der Waals surface area (Å²) in [7, 11) is 4.05. The number of hydrogen-bond donors (Lipinski definition) is 2. The van der Waals surface area contributed by atoms with Gasteiger partial charge < -0.3 is 14.6 Å². The summed E-state index contributed by atoms with van der Waals surface area (Å²) in [5.41, 5.74) is -0.867. The molecular formula is C18H20N6O6. The number of nitrogens with zero attached hydrogens (tertiary/aromatic N) is 4. The van der Waals surface area contributed by atoms with Crippen LogP contribution in [0.4, 0.5) is 0 Å². The van der Waals surface area contributed by atoms with Gasteiger partial charge in [-0.15, -0.1) is 0 Å². The van der Waals surface area contributed by atoms with Gasteiger partial charge in [-0.3, -0.25) is 23.5 Å². The van der Waals surface area contributed by atoms with Gasteiger partial charge in [0, 0.05) is 38.2 Å². The monoisotopic (exact) mass is 416 g/mol. The number of amides is 1. The summed E-state index contributed by atoms with van der Waals surface area (Å²) < 4.78 is 8.34. The number of esters is 1. The number of hydrogen-bond acceptors (Lipinski definition) is 7. The van der Waals surface area contributed by atoms with Gasteiger partial charge in [-0.05, 0) is 6.92 Å². The van der Waals surface area contributed by atoms with E-state index in [2.05, 4.69) is 15.5 Å². The van der Waals surface area contributed by atoms with Crippen molar-refractivity contribution in [2.75, 3.05) is 7.11 Å². The highest BCUT2D eigenvalue weighted by Gasteiger charge is 2.24. The van der Waals surface area contributed by atoms with Crippen LogP contribution in [0, 0.1) is 0 Å². The molecule has 3 heterocycles. The van der Waals surface area contributed by atoms with Gasteiger partial charge in [0.25, 0.3) is 11.1 Å². The summed E-state index contributed by atoms with van der Waals surface area (Å²) in [4.78, 5) is 60.5. The maximum absolute atomic E-state index is 12.7. The van der Waals surface area contributed by atoms with E-state index >= 15 is 0 Å². The summed E-state index contributed by atoms with van der Waals surface area (Å²) in [5, 5.41) is 8.74. The summed E-state index contributed by atoms with van der Waals surface area (Å²) >= 11 is 0. The van der Waals surface area contributed by atoms with E-state index in [1.165, 1.54) is 48.8 Å². The van der Waals surface area contributed by atoms with E-state index in [0.717, 1.165) is 4.57 Å². The van der Waals surface area contributed by atoms with E-state index < -0.39 is 34.7 Å². The summed E-state index contributed by atoms with van der Waals surface area (Å²) in [6.07, 6.45) is 2.78. The average molecular weight is 416 g/mol. The quantitative estimate of drug-likeness (QED) is 0.493. The molecule has 1 aromatic heterocycles. The number of methoxy groups -OCH3 is 1. The molecule has 1 amide bonds. The molecule has 30 heavy (non-hydrogen) atoms. The molecule has 12 nitrogen and oxygen atoms in total. The fourth-order valence-corrected chi connectivity index (χ4v) is 2.95. The van der Waals surface area contributed by atoms with Crippen molar-refractivity contribution in [2.24, 2.45) is 14.1 Å². The minimum absolute atomic E-state index is 0.0296. The smallest absolute Gasteiger partial charge is 0.341 e. The molecule has 2 aliphatic rings. The molecule has 0 fully saturated rings. The minimum atomic E-state index is -0.823. The third-order valence-electron chi connectivity index (χ3n) is 4.88. The van der Waals surface area contributed by atoms with E-state index in [9.17, 15) is 24.0 Å². The van der Waals surface area contributed by atoms with Crippen molar-refractivity contribution in [3.63, 3.8) is 0 Å². The molecule has 2 aliphatic heterocycles. The van der Waals surface area contributed by atoms with E-state index in [4.69, 9.17) is 4.74 Å². The SMILES string of the molecule is COC(=O)c1cn([C@@H](C)C(=O)NCc2cc(=O)n(C)c(=O)n2C)cc2c(=O)[nH]nc1-2. The molecule has 0 saturated carbocycles. The molecule has 0 aliphatic carbocycles. The highest BCUT2D eigenvalue weighted by molar-refractivity contribution is 5.96. The van der Waals surface area contributed by atoms with Crippen LogP contribution in [0.25, 0.3) is 11.3 Å². The third-order valence-corrected chi connectivity index (χ3v) is 4.88. The summed E-state index contributed by atoms with van der Waals surface area (Å²) in [6, 6.07) is 0.437. The molecule has 0 aromatic carbocycles. The number of pyridine rings is 1. The second-order valence-corrected chi connectivity index (χ2v) is 6.69. The van der Waals surface area contributed by atoms with Crippen LogP contribution in [-0.4, -0.2) is 42.9 Å². The number of fused-ring (bicyclic) bond motifs is 1. The van der Waals surface area contributed by atoms with E-state index in [1.807, 2.05) is 0 Å². The normalized spacial score (nSPS) is 12.0. The summed E-state index contributed by atoms with van der Waals surface area (Å²) in [6.45, 7) is 1.51. The second kappa shape index (κ2) is 7.81. The van der Waals surface area contributed by atoms with Crippen molar-refractivity contribution in [3.05, 3.63) is 60.9 Å². The fraction of sp³-hybridized carbons (Fsp3) is 0.333. The molecule has 1 aromatic rings. The largest absolute Gasteiger partial charge is 0.465 e. The first kappa shape index (κ1) is 20.8. The lowest BCUT2D eigenvalue weighted by molar-refractivity contribution is -0.124. The van der Waals surface area contributed by atoms with Crippen molar-refractivity contribution < 1.29 is 14.3 Å². The Morgan fingerprint density at radius 3 is 2.57 bits per heavy atom. The molecule has 1 atom stereocenters. The maximum atomic E-state index is 12.7. The van der Waals surface area contributed by atoms with Gasteiger partial charge >= 0.3 is 11.7 Å². The van der Waals surface area contributed by atoms with Crippen molar-refractivity contribution in [1.29, 1.82) is 0 Å². The van der Waals surface area contributed by atoms with Crippen LogP contribution in [0.5, 0.6) is 0 Å². The molecule has 0 spiro atoms. The van der Waals surface area contributed by atoms with Crippen molar-refractivity contribution in [3.8, 4) is 11.3 Å². The van der Waals surface area contributed by atoms with Crippen molar-refractivity contribution in [1.82, 2.24) is 29.2 Å². The predicted octanol–water partition coefficient (Wildman–Crippen LogP) is -1.26. The maximum Gasteiger partial charge on any atom is 0.341 e. The Balaban J connectivity index is 1.89. The van der Waals surface area contributed by atoms with Crippen molar-refractivity contribution >= 4 is 11.9 Å². The number of aromatic amines is 1. The molecule has 2 N–H and O–H groups in total. The van der Waals surface area contributed by atoms with Crippen molar-refractivity contribution in [2.45, 2.75) is 19.5 Å². The second-order valence-electron chi connectivity index (χ2n) is 6.69. The number of nitrogens with one attached hydrogen (secondary N) is 2. The van der Waals surface area contributed by atoms with Gasteiger partial charge in [0.05, 0.1) is 19.2 Å². The Morgan fingerprint density at radius 1 is 1.20 bits per heavy atom. The Hall–Kier alpha value is -3.96. The van der Waals surface area contributed by atoms with Gasteiger partial charge in [-0.25, -0.2) is 14.7 Å². The van der Waals surface area contributed by atoms with Gasteiger partial charge in [-0.1, -0.05) is 0 Å². The number of rotatable bonds is 5. The average Bonchev–Trinajstić information content (AvgIpc) is 3.12. The zero-order valence-corrected chi connectivity index (χ0v) is 16.8. The number of ether oxygens (including phenoxy) is 1.